The molecule has 0 amide bonds. The molecule has 2 rings (SSSR count). The van der Waals surface area contributed by atoms with Crippen molar-refractivity contribution in [1.82, 2.24) is 10.3 Å². The molecule has 0 unspecified atom stereocenters. The molecule has 0 radical (unpaired) electrons. The van der Waals surface area contributed by atoms with E-state index in [9.17, 15) is 12.8 Å². The summed E-state index contributed by atoms with van der Waals surface area (Å²) in [6.45, 7) is 0.837. The molecule has 0 atom stereocenters. The standard InChI is InChI=1S/C12H18FN3O2S/c13-11-9-14-7-5-12(11)16-19(17,18)8-2-1-6-15-10-3-4-10/h5,7,9-10,15H,1-4,6,8H2,(H,14,16). The fourth-order valence-corrected chi connectivity index (χ4v) is 2.87. The van der Waals surface area contributed by atoms with Gasteiger partial charge in [0.25, 0.3) is 0 Å². The maximum absolute atomic E-state index is 13.3. The van der Waals surface area contributed by atoms with E-state index in [1.54, 1.807) is 0 Å². The second-order valence-electron chi connectivity index (χ2n) is 4.71. The van der Waals surface area contributed by atoms with Crippen LogP contribution in [-0.2, 0) is 10.0 Å². The van der Waals surface area contributed by atoms with E-state index in [1.807, 2.05) is 0 Å². The number of halogens is 1. The van der Waals surface area contributed by atoms with Crippen molar-refractivity contribution < 1.29 is 12.8 Å². The molecule has 19 heavy (non-hydrogen) atoms. The molecular weight excluding hydrogens is 269 g/mol. The number of hydrogen-bond acceptors (Lipinski definition) is 4. The average molecular weight is 287 g/mol. The topological polar surface area (TPSA) is 71.1 Å². The SMILES string of the molecule is O=S(=O)(CCCCNC1CC1)Nc1ccncc1F. The third kappa shape index (κ3) is 5.12. The van der Waals surface area contributed by atoms with Gasteiger partial charge in [-0.2, -0.15) is 0 Å². The number of sulfonamides is 1. The van der Waals surface area contributed by atoms with Gasteiger partial charge in [0.1, 0.15) is 0 Å². The molecule has 106 valence electrons. The highest BCUT2D eigenvalue weighted by molar-refractivity contribution is 7.92. The van der Waals surface area contributed by atoms with Crippen LogP contribution in [0.1, 0.15) is 25.7 Å². The second kappa shape index (κ2) is 6.29. The summed E-state index contributed by atoms with van der Waals surface area (Å²) in [6, 6.07) is 1.95. The number of rotatable bonds is 8. The highest BCUT2D eigenvalue weighted by Gasteiger charge is 2.19. The Morgan fingerprint density at radius 3 is 2.84 bits per heavy atom. The van der Waals surface area contributed by atoms with Gasteiger partial charge < -0.3 is 5.32 Å². The Morgan fingerprint density at radius 1 is 1.37 bits per heavy atom. The largest absolute Gasteiger partial charge is 0.314 e. The fraction of sp³-hybridized carbons (Fsp3) is 0.583. The molecule has 1 aromatic heterocycles. The Labute approximate surface area is 112 Å². The maximum Gasteiger partial charge on any atom is 0.232 e. The average Bonchev–Trinajstić information content (AvgIpc) is 3.15. The van der Waals surface area contributed by atoms with Crippen molar-refractivity contribution in [3.63, 3.8) is 0 Å². The van der Waals surface area contributed by atoms with E-state index in [2.05, 4.69) is 15.0 Å². The van der Waals surface area contributed by atoms with Crippen LogP contribution < -0.4 is 10.0 Å². The van der Waals surface area contributed by atoms with E-state index < -0.39 is 15.8 Å². The minimum Gasteiger partial charge on any atom is -0.314 e. The molecule has 0 spiro atoms. The van der Waals surface area contributed by atoms with Crippen molar-refractivity contribution in [2.75, 3.05) is 17.0 Å². The third-order valence-electron chi connectivity index (χ3n) is 2.89. The van der Waals surface area contributed by atoms with Crippen molar-refractivity contribution in [1.29, 1.82) is 0 Å². The maximum atomic E-state index is 13.3. The first-order valence-electron chi connectivity index (χ1n) is 6.40. The second-order valence-corrected chi connectivity index (χ2v) is 6.55. The molecule has 1 fully saturated rings. The summed E-state index contributed by atoms with van der Waals surface area (Å²) >= 11 is 0. The Kier molecular flexibility index (Phi) is 4.71. The molecule has 0 aromatic carbocycles. The van der Waals surface area contributed by atoms with E-state index >= 15 is 0 Å². The fourth-order valence-electron chi connectivity index (χ4n) is 1.69. The molecule has 0 saturated heterocycles. The monoisotopic (exact) mass is 287 g/mol. The molecule has 0 aliphatic heterocycles. The molecular formula is C12H18FN3O2S. The Hall–Kier alpha value is -1.21. The summed E-state index contributed by atoms with van der Waals surface area (Å²) in [5.74, 6) is -0.664. The number of anilines is 1. The molecule has 1 saturated carbocycles. The highest BCUT2D eigenvalue weighted by atomic mass is 32.2. The zero-order chi connectivity index (χ0) is 13.7. The van der Waals surface area contributed by atoms with Gasteiger partial charge in [0.2, 0.25) is 10.0 Å². The lowest BCUT2D eigenvalue weighted by Crippen LogP contribution is -2.21. The van der Waals surface area contributed by atoms with Gasteiger partial charge >= 0.3 is 0 Å². The van der Waals surface area contributed by atoms with Crippen molar-refractivity contribution in [3.05, 3.63) is 24.3 Å². The van der Waals surface area contributed by atoms with Crippen LogP contribution in [0, 0.1) is 5.82 Å². The molecule has 7 heteroatoms. The molecule has 5 nitrogen and oxygen atoms in total. The van der Waals surface area contributed by atoms with Crippen LogP contribution in [0.5, 0.6) is 0 Å². The van der Waals surface area contributed by atoms with E-state index in [4.69, 9.17) is 0 Å². The van der Waals surface area contributed by atoms with Crippen molar-refractivity contribution in [2.24, 2.45) is 0 Å². The number of hydrogen-bond donors (Lipinski definition) is 2. The lowest BCUT2D eigenvalue weighted by atomic mass is 10.3. The lowest BCUT2D eigenvalue weighted by molar-refractivity contribution is 0.588. The molecule has 0 bridgehead atoms. The molecule has 1 aromatic rings. The number of aromatic nitrogens is 1. The van der Waals surface area contributed by atoms with Crippen LogP contribution in [0.25, 0.3) is 0 Å². The van der Waals surface area contributed by atoms with Gasteiger partial charge in [-0.3, -0.25) is 9.71 Å². The first-order chi connectivity index (χ1) is 9.07. The van der Waals surface area contributed by atoms with Crippen molar-refractivity contribution in [3.8, 4) is 0 Å². The summed E-state index contributed by atoms with van der Waals surface area (Å²) in [4.78, 5) is 3.57. The summed E-state index contributed by atoms with van der Waals surface area (Å²) < 4.78 is 39.0. The summed E-state index contributed by atoms with van der Waals surface area (Å²) in [7, 11) is -3.49. The first-order valence-corrected chi connectivity index (χ1v) is 8.05. The van der Waals surface area contributed by atoms with Crippen molar-refractivity contribution >= 4 is 15.7 Å². The van der Waals surface area contributed by atoms with Crippen LogP contribution in [0.4, 0.5) is 10.1 Å². The van der Waals surface area contributed by atoms with Crippen molar-refractivity contribution in [2.45, 2.75) is 31.7 Å². The minimum absolute atomic E-state index is 0.00110. The smallest absolute Gasteiger partial charge is 0.232 e. The number of nitrogens with one attached hydrogen (secondary N) is 2. The zero-order valence-electron chi connectivity index (χ0n) is 10.6. The predicted octanol–water partition coefficient (Wildman–Crippen LogP) is 1.49. The van der Waals surface area contributed by atoms with Crippen LogP contribution in [0.2, 0.25) is 0 Å². The van der Waals surface area contributed by atoms with Crippen LogP contribution in [0.3, 0.4) is 0 Å². The molecule has 2 N–H and O–H groups in total. The highest BCUT2D eigenvalue weighted by Crippen LogP contribution is 2.18. The lowest BCUT2D eigenvalue weighted by Gasteiger charge is -2.08. The van der Waals surface area contributed by atoms with Gasteiger partial charge in [0.15, 0.2) is 5.82 Å². The van der Waals surface area contributed by atoms with Gasteiger partial charge in [-0.05, 0) is 38.3 Å². The quantitative estimate of drug-likeness (QED) is 0.711. The summed E-state index contributed by atoms with van der Waals surface area (Å²) in [6.07, 6.45) is 6.14. The van der Waals surface area contributed by atoms with E-state index in [0.29, 0.717) is 12.5 Å². The Morgan fingerprint density at radius 2 is 2.16 bits per heavy atom. The Bertz CT molecular complexity index is 517. The third-order valence-corrected chi connectivity index (χ3v) is 4.25. The number of pyridine rings is 1. The van der Waals surface area contributed by atoms with Crippen LogP contribution in [0.15, 0.2) is 18.5 Å². The summed E-state index contributed by atoms with van der Waals surface area (Å²) in [5.41, 5.74) is -0.0499. The van der Waals surface area contributed by atoms with E-state index in [-0.39, 0.29) is 11.4 Å². The Balaban J connectivity index is 1.73. The summed E-state index contributed by atoms with van der Waals surface area (Å²) in [5, 5.41) is 3.32. The van der Waals surface area contributed by atoms with Gasteiger partial charge in [-0.1, -0.05) is 0 Å². The molecule has 1 aliphatic carbocycles. The van der Waals surface area contributed by atoms with Gasteiger partial charge in [-0.15, -0.1) is 0 Å². The molecule has 1 heterocycles. The van der Waals surface area contributed by atoms with Gasteiger partial charge in [0, 0.05) is 12.2 Å². The van der Waals surface area contributed by atoms with Crippen LogP contribution in [-0.4, -0.2) is 31.7 Å². The minimum atomic E-state index is -3.49. The zero-order valence-corrected chi connectivity index (χ0v) is 11.4. The first kappa shape index (κ1) is 14.2. The molecule has 1 aliphatic rings. The number of unbranched alkanes of at least 4 members (excludes halogenated alkanes) is 1. The predicted molar refractivity (Wildman–Crippen MR) is 71.9 cm³/mol. The van der Waals surface area contributed by atoms with Crippen LogP contribution >= 0.6 is 0 Å². The van der Waals surface area contributed by atoms with E-state index in [1.165, 1.54) is 25.1 Å². The normalized spacial score (nSPS) is 15.4. The van der Waals surface area contributed by atoms with Gasteiger partial charge in [-0.25, -0.2) is 12.8 Å². The van der Waals surface area contributed by atoms with E-state index in [0.717, 1.165) is 19.2 Å². The van der Waals surface area contributed by atoms with Gasteiger partial charge in [0.05, 0.1) is 17.6 Å². The number of nitrogens with zero attached hydrogens (tertiary/aromatic N) is 1.